The molecule has 0 bridgehead atoms. The quantitative estimate of drug-likeness (QED) is 0.512. The first kappa shape index (κ1) is 15.9. The zero-order valence-electron chi connectivity index (χ0n) is 13.2. The van der Waals surface area contributed by atoms with Crippen LogP contribution in [0.3, 0.4) is 0 Å². The van der Waals surface area contributed by atoms with Crippen LogP contribution in [-0.4, -0.2) is 22.7 Å². The molecule has 3 aromatic heterocycles. The first-order valence-electron chi connectivity index (χ1n) is 7.39. The van der Waals surface area contributed by atoms with Crippen LogP contribution in [0.5, 0.6) is 0 Å². The molecule has 3 heterocycles. The standard InChI is InChI=1S/C17H16N2O2S2/c1-4-21-16(20)13-11-8-10(3)6-7-19(11)15-14(13)12(9-18)23-17(15)22-5-2/h6-8H,4-5H2,1-3H3. The molecular formula is C17H16N2O2S2. The first-order chi connectivity index (χ1) is 11.1. The minimum atomic E-state index is -0.368. The number of pyridine rings is 1. The van der Waals surface area contributed by atoms with Crippen LogP contribution >= 0.6 is 23.1 Å². The predicted molar refractivity (Wildman–Crippen MR) is 94.6 cm³/mol. The van der Waals surface area contributed by atoms with Crippen LogP contribution in [0.1, 0.15) is 34.6 Å². The molecule has 0 saturated heterocycles. The highest BCUT2D eigenvalue weighted by atomic mass is 32.2. The fourth-order valence-corrected chi connectivity index (χ4v) is 4.96. The van der Waals surface area contributed by atoms with Gasteiger partial charge >= 0.3 is 5.97 Å². The second-order valence-electron chi connectivity index (χ2n) is 5.04. The SMILES string of the molecule is CCOC(=O)c1c2c(C#N)sc(SCC)c2n2ccc(C)cc12. The van der Waals surface area contributed by atoms with E-state index in [1.54, 1.807) is 18.7 Å². The lowest BCUT2D eigenvalue weighted by Gasteiger charge is -2.03. The maximum Gasteiger partial charge on any atom is 0.341 e. The lowest BCUT2D eigenvalue weighted by atomic mass is 10.1. The molecule has 0 N–H and O–H groups in total. The third kappa shape index (κ3) is 2.50. The van der Waals surface area contributed by atoms with Crippen LogP contribution in [-0.2, 0) is 4.74 Å². The monoisotopic (exact) mass is 344 g/mol. The Morgan fingerprint density at radius 3 is 2.91 bits per heavy atom. The molecule has 118 valence electrons. The summed E-state index contributed by atoms with van der Waals surface area (Å²) in [7, 11) is 0. The molecule has 23 heavy (non-hydrogen) atoms. The van der Waals surface area contributed by atoms with Gasteiger partial charge in [-0.1, -0.05) is 6.92 Å². The maximum atomic E-state index is 12.5. The maximum absolute atomic E-state index is 12.5. The minimum Gasteiger partial charge on any atom is -0.462 e. The average molecular weight is 344 g/mol. The molecule has 0 amide bonds. The number of ether oxygens (including phenoxy) is 1. The van der Waals surface area contributed by atoms with Gasteiger partial charge in [-0.25, -0.2) is 4.79 Å². The summed E-state index contributed by atoms with van der Waals surface area (Å²) in [5, 5.41) is 10.2. The van der Waals surface area contributed by atoms with Crippen molar-refractivity contribution in [2.24, 2.45) is 0 Å². The molecule has 0 aliphatic rings. The van der Waals surface area contributed by atoms with E-state index in [2.05, 4.69) is 13.0 Å². The molecule has 0 aromatic carbocycles. The normalized spacial score (nSPS) is 11.0. The van der Waals surface area contributed by atoms with E-state index < -0.39 is 0 Å². The number of carbonyl (C=O) groups excluding carboxylic acids is 1. The number of carbonyl (C=O) groups is 1. The smallest absolute Gasteiger partial charge is 0.341 e. The van der Waals surface area contributed by atoms with Crippen LogP contribution in [0.25, 0.3) is 16.4 Å². The van der Waals surface area contributed by atoms with Crippen molar-refractivity contribution in [3.05, 3.63) is 34.3 Å². The van der Waals surface area contributed by atoms with Gasteiger partial charge in [0.2, 0.25) is 0 Å². The first-order valence-corrected chi connectivity index (χ1v) is 9.19. The van der Waals surface area contributed by atoms with Crippen LogP contribution in [0.2, 0.25) is 0 Å². The predicted octanol–water partition coefficient (Wildman–Crippen LogP) is 4.62. The molecule has 0 aliphatic carbocycles. The van der Waals surface area contributed by atoms with E-state index in [1.165, 1.54) is 11.3 Å². The number of thioether (sulfide) groups is 1. The molecule has 0 atom stereocenters. The Kier molecular flexibility index (Phi) is 4.33. The van der Waals surface area contributed by atoms with Crippen molar-refractivity contribution in [1.82, 2.24) is 4.40 Å². The molecule has 6 heteroatoms. The van der Waals surface area contributed by atoms with Gasteiger partial charge in [-0.3, -0.25) is 0 Å². The minimum absolute atomic E-state index is 0.312. The van der Waals surface area contributed by atoms with E-state index in [0.717, 1.165) is 31.9 Å². The van der Waals surface area contributed by atoms with Crippen LogP contribution in [0, 0.1) is 18.3 Å². The van der Waals surface area contributed by atoms with Crippen molar-refractivity contribution in [3.8, 4) is 6.07 Å². The van der Waals surface area contributed by atoms with E-state index in [1.807, 2.05) is 29.7 Å². The van der Waals surface area contributed by atoms with Gasteiger partial charge in [0.15, 0.2) is 0 Å². The Bertz CT molecular complexity index is 947. The zero-order chi connectivity index (χ0) is 16.6. The molecule has 0 aliphatic heterocycles. The van der Waals surface area contributed by atoms with E-state index in [9.17, 15) is 10.1 Å². The zero-order valence-corrected chi connectivity index (χ0v) is 14.8. The fourth-order valence-electron chi connectivity index (χ4n) is 2.69. The number of hydrogen-bond donors (Lipinski definition) is 0. The summed E-state index contributed by atoms with van der Waals surface area (Å²) in [6, 6.07) is 6.22. The van der Waals surface area contributed by atoms with E-state index in [0.29, 0.717) is 17.0 Å². The molecular weight excluding hydrogens is 328 g/mol. The second-order valence-corrected chi connectivity index (χ2v) is 7.60. The summed E-state index contributed by atoms with van der Waals surface area (Å²) in [5.41, 5.74) is 3.31. The molecule has 0 unspecified atom stereocenters. The van der Waals surface area contributed by atoms with Gasteiger partial charge < -0.3 is 9.14 Å². The van der Waals surface area contributed by atoms with Crippen molar-refractivity contribution in [3.63, 3.8) is 0 Å². The lowest BCUT2D eigenvalue weighted by Crippen LogP contribution is -2.05. The lowest BCUT2D eigenvalue weighted by molar-refractivity contribution is 0.0531. The molecule has 0 radical (unpaired) electrons. The highest BCUT2D eigenvalue weighted by molar-refractivity contribution is 8.01. The van der Waals surface area contributed by atoms with Gasteiger partial charge in [-0.2, -0.15) is 5.26 Å². The number of aromatic nitrogens is 1. The van der Waals surface area contributed by atoms with Gasteiger partial charge in [-0.05, 0) is 37.3 Å². The van der Waals surface area contributed by atoms with Crippen molar-refractivity contribution < 1.29 is 9.53 Å². The molecule has 3 rings (SSSR count). The van der Waals surface area contributed by atoms with Gasteiger partial charge in [0.05, 0.1) is 27.4 Å². The highest BCUT2D eigenvalue weighted by Crippen LogP contribution is 2.42. The number of nitriles is 1. The number of rotatable bonds is 4. The van der Waals surface area contributed by atoms with Gasteiger partial charge in [0.1, 0.15) is 10.9 Å². The Labute approximate surface area is 142 Å². The van der Waals surface area contributed by atoms with Crippen molar-refractivity contribution >= 4 is 45.5 Å². The van der Waals surface area contributed by atoms with Crippen molar-refractivity contribution in [2.45, 2.75) is 25.0 Å². The van der Waals surface area contributed by atoms with Gasteiger partial charge in [-0.15, -0.1) is 23.1 Å². The number of fused-ring (bicyclic) bond motifs is 3. The largest absolute Gasteiger partial charge is 0.462 e. The molecule has 3 aromatic rings. The third-order valence-corrected chi connectivity index (χ3v) is 5.79. The van der Waals surface area contributed by atoms with E-state index >= 15 is 0 Å². The topological polar surface area (TPSA) is 54.5 Å². The van der Waals surface area contributed by atoms with Crippen LogP contribution in [0.15, 0.2) is 22.5 Å². The summed E-state index contributed by atoms with van der Waals surface area (Å²) in [5.74, 6) is 0.543. The number of aryl methyl sites for hydroxylation is 1. The number of nitrogens with zero attached hydrogens (tertiary/aromatic N) is 2. The third-order valence-electron chi connectivity index (χ3n) is 3.57. The fraction of sp³-hybridized carbons (Fsp3) is 0.294. The second kappa shape index (κ2) is 6.26. The Morgan fingerprint density at radius 1 is 1.48 bits per heavy atom. The summed E-state index contributed by atoms with van der Waals surface area (Å²) >= 11 is 3.14. The summed E-state index contributed by atoms with van der Waals surface area (Å²) < 4.78 is 8.31. The summed E-state index contributed by atoms with van der Waals surface area (Å²) in [4.78, 5) is 13.1. The van der Waals surface area contributed by atoms with Gasteiger partial charge in [0.25, 0.3) is 0 Å². The Hall–Kier alpha value is -1.97. The van der Waals surface area contributed by atoms with Crippen molar-refractivity contribution in [2.75, 3.05) is 12.4 Å². The Morgan fingerprint density at radius 2 is 2.26 bits per heavy atom. The molecule has 0 saturated carbocycles. The Balaban J connectivity index is 2.48. The van der Waals surface area contributed by atoms with Crippen molar-refractivity contribution in [1.29, 1.82) is 5.26 Å². The molecule has 0 fully saturated rings. The number of esters is 1. The number of hydrogen-bond acceptors (Lipinski definition) is 5. The molecule has 4 nitrogen and oxygen atoms in total. The summed E-state index contributed by atoms with van der Waals surface area (Å²) in [6.45, 7) is 6.17. The van der Waals surface area contributed by atoms with E-state index in [-0.39, 0.29) is 5.97 Å². The van der Waals surface area contributed by atoms with Crippen LogP contribution in [0.4, 0.5) is 0 Å². The number of thiophene rings is 1. The van der Waals surface area contributed by atoms with Crippen LogP contribution < -0.4 is 0 Å². The average Bonchev–Trinajstić information content (AvgIpc) is 3.03. The highest BCUT2D eigenvalue weighted by Gasteiger charge is 2.26. The van der Waals surface area contributed by atoms with Gasteiger partial charge in [0, 0.05) is 11.6 Å². The molecule has 0 spiro atoms. The summed E-state index contributed by atoms with van der Waals surface area (Å²) in [6.07, 6.45) is 1.96. The van der Waals surface area contributed by atoms with E-state index in [4.69, 9.17) is 4.74 Å².